The van der Waals surface area contributed by atoms with Crippen LogP contribution in [-0.2, 0) is 4.74 Å². The van der Waals surface area contributed by atoms with Crippen LogP contribution in [0.5, 0.6) is 5.75 Å². The van der Waals surface area contributed by atoms with Crippen LogP contribution < -0.4 is 4.74 Å². The highest BCUT2D eigenvalue weighted by molar-refractivity contribution is 5.91. The first-order valence-corrected chi connectivity index (χ1v) is 5.68. The second kappa shape index (κ2) is 5.52. The molecule has 0 aliphatic rings. The Morgan fingerprint density at radius 3 is 2.32 bits per heavy atom. The number of ether oxygens (including phenoxy) is 2. The molecule has 0 spiro atoms. The first kappa shape index (κ1) is 13.1. The van der Waals surface area contributed by atoms with Crippen LogP contribution in [0.1, 0.15) is 10.4 Å². The largest absolute Gasteiger partial charge is 0.496 e. The molecule has 0 saturated carbocycles. The van der Waals surface area contributed by atoms with E-state index in [0.29, 0.717) is 11.3 Å². The molecular formula is C15H13FO3. The molecule has 2 aromatic carbocycles. The number of methoxy groups -OCH3 is 2. The quantitative estimate of drug-likeness (QED) is 0.794. The van der Waals surface area contributed by atoms with Gasteiger partial charge in [-0.05, 0) is 35.9 Å². The number of rotatable bonds is 3. The minimum Gasteiger partial charge on any atom is -0.496 e. The molecule has 0 aliphatic heterocycles. The van der Waals surface area contributed by atoms with Gasteiger partial charge in [-0.15, -0.1) is 0 Å². The molecule has 0 bridgehead atoms. The number of carbonyl (C=O) groups is 1. The molecule has 2 aromatic rings. The Balaban J connectivity index is 2.46. The van der Waals surface area contributed by atoms with E-state index in [1.54, 1.807) is 30.3 Å². The summed E-state index contributed by atoms with van der Waals surface area (Å²) in [7, 11) is 2.84. The van der Waals surface area contributed by atoms with Crippen LogP contribution in [-0.4, -0.2) is 20.2 Å². The van der Waals surface area contributed by atoms with E-state index >= 15 is 0 Å². The van der Waals surface area contributed by atoms with Crippen molar-refractivity contribution in [3.8, 4) is 16.9 Å². The molecule has 0 saturated heterocycles. The Morgan fingerprint density at radius 1 is 1.05 bits per heavy atom. The van der Waals surface area contributed by atoms with E-state index in [0.717, 1.165) is 11.1 Å². The van der Waals surface area contributed by atoms with E-state index in [2.05, 4.69) is 4.74 Å². The van der Waals surface area contributed by atoms with Crippen molar-refractivity contribution < 1.29 is 18.7 Å². The van der Waals surface area contributed by atoms with E-state index in [1.807, 2.05) is 0 Å². The normalized spacial score (nSPS) is 10.1. The van der Waals surface area contributed by atoms with Crippen molar-refractivity contribution in [2.75, 3.05) is 14.2 Å². The van der Waals surface area contributed by atoms with Gasteiger partial charge < -0.3 is 9.47 Å². The summed E-state index contributed by atoms with van der Waals surface area (Å²) < 4.78 is 22.8. The minimum absolute atomic E-state index is 0.297. The SMILES string of the molecule is COC(=O)c1ccc(-c2ccc(F)cc2)c(OC)c1. The van der Waals surface area contributed by atoms with Crippen molar-refractivity contribution >= 4 is 5.97 Å². The molecule has 19 heavy (non-hydrogen) atoms. The molecule has 2 rings (SSSR count). The zero-order chi connectivity index (χ0) is 13.8. The highest BCUT2D eigenvalue weighted by Gasteiger charge is 2.11. The third kappa shape index (κ3) is 2.73. The van der Waals surface area contributed by atoms with Gasteiger partial charge in [-0.1, -0.05) is 12.1 Å². The average molecular weight is 260 g/mol. The Morgan fingerprint density at radius 2 is 1.74 bits per heavy atom. The lowest BCUT2D eigenvalue weighted by Gasteiger charge is -2.10. The molecular weight excluding hydrogens is 247 g/mol. The van der Waals surface area contributed by atoms with Crippen LogP contribution >= 0.6 is 0 Å². The Hall–Kier alpha value is -2.36. The zero-order valence-corrected chi connectivity index (χ0v) is 10.6. The van der Waals surface area contributed by atoms with E-state index in [4.69, 9.17) is 4.74 Å². The molecule has 0 aromatic heterocycles. The van der Waals surface area contributed by atoms with Gasteiger partial charge in [0.25, 0.3) is 0 Å². The van der Waals surface area contributed by atoms with Crippen LogP contribution in [0.15, 0.2) is 42.5 Å². The van der Waals surface area contributed by atoms with Crippen LogP contribution in [0.2, 0.25) is 0 Å². The lowest BCUT2D eigenvalue weighted by molar-refractivity contribution is 0.0600. The summed E-state index contributed by atoms with van der Waals surface area (Å²) in [5.74, 6) is -0.188. The predicted octanol–water partition coefficient (Wildman–Crippen LogP) is 3.29. The van der Waals surface area contributed by atoms with Gasteiger partial charge in [0.15, 0.2) is 0 Å². The fourth-order valence-corrected chi connectivity index (χ4v) is 1.80. The first-order chi connectivity index (χ1) is 9.15. The Bertz CT molecular complexity index is 591. The fourth-order valence-electron chi connectivity index (χ4n) is 1.80. The monoisotopic (exact) mass is 260 g/mol. The molecule has 0 aliphatic carbocycles. The van der Waals surface area contributed by atoms with E-state index in [-0.39, 0.29) is 5.82 Å². The Kier molecular flexibility index (Phi) is 3.80. The van der Waals surface area contributed by atoms with E-state index in [1.165, 1.54) is 26.4 Å². The maximum Gasteiger partial charge on any atom is 0.337 e. The fraction of sp³-hybridized carbons (Fsp3) is 0.133. The number of hydrogen-bond donors (Lipinski definition) is 0. The van der Waals surface area contributed by atoms with Gasteiger partial charge in [0.2, 0.25) is 0 Å². The van der Waals surface area contributed by atoms with Crippen LogP contribution in [0, 0.1) is 5.82 Å². The van der Waals surface area contributed by atoms with Crippen molar-refractivity contribution in [1.82, 2.24) is 0 Å². The van der Waals surface area contributed by atoms with Crippen molar-refractivity contribution in [3.63, 3.8) is 0 Å². The summed E-state index contributed by atoms with van der Waals surface area (Å²) in [5.41, 5.74) is 2.01. The second-order valence-corrected chi connectivity index (χ2v) is 3.91. The third-order valence-electron chi connectivity index (χ3n) is 2.78. The highest BCUT2D eigenvalue weighted by atomic mass is 19.1. The summed E-state index contributed by atoms with van der Waals surface area (Å²) in [6.07, 6.45) is 0. The molecule has 0 atom stereocenters. The van der Waals surface area contributed by atoms with Crippen molar-refractivity contribution in [1.29, 1.82) is 0 Å². The molecule has 3 nitrogen and oxygen atoms in total. The lowest BCUT2D eigenvalue weighted by atomic mass is 10.0. The Labute approximate surface area is 110 Å². The van der Waals surface area contributed by atoms with Crippen molar-refractivity contribution in [2.24, 2.45) is 0 Å². The van der Waals surface area contributed by atoms with Gasteiger partial charge in [0, 0.05) is 5.56 Å². The lowest BCUT2D eigenvalue weighted by Crippen LogP contribution is -2.01. The van der Waals surface area contributed by atoms with Crippen molar-refractivity contribution in [2.45, 2.75) is 0 Å². The van der Waals surface area contributed by atoms with Gasteiger partial charge in [0.05, 0.1) is 19.8 Å². The first-order valence-electron chi connectivity index (χ1n) is 5.68. The van der Waals surface area contributed by atoms with Crippen LogP contribution in [0.4, 0.5) is 4.39 Å². The highest BCUT2D eigenvalue weighted by Crippen LogP contribution is 2.31. The molecule has 0 N–H and O–H groups in total. The molecule has 0 radical (unpaired) electrons. The maximum atomic E-state index is 12.9. The number of carbonyl (C=O) groups excluding carboxylic acids is 1. The molecule has 0 amide bonds. The average Bonchev–Trinajstić information content (AvgIpc) is 2.46. The third-order valence-corrected chi connectivity index (χ3v) is 2.78. The molecule has 0 heterocycles. The number of halogens is 1. The summed E-state index contributed by atoms with van der Waals surface area (Å²) in [6, 6.07) is 11.1. The van der Waals surface area contributed by atoms with Gasteiger partial charge in [-0.2, -0.15) is 0 Å². The minimum atomic E-state index is -0.427. The second-order valence-electron chi connectivity index (χ2n) is 3.91. The van der Waals surface area contributed by atoms with Gasteiger partial charge >= 0.3 is 5.97 Å². The zero-order valence-electron chi connectivity index (χ0n) is 10.6. The van der Waals surface area contributed by atoms with Crippen molar-refractivity contribution in [3.05, 3.63) is 53.8 Å². The van der Waals surface area contributed by atoms with E-state index < -0.39 is 5.97 Å². The summed E-state index contributed by atoms with van der Waals surface area (Å²) >= 11 is 0. The molecule has 0 unspecified atom stereocenters. The number of esters is 1. The maximum absolute atomic E-state index is 12.9. The van der Waals surface area contributed by atoms with Gasteiger partial charge in [-0.25, -0.2) is 9.18 Å². The molecule has 4 heteroatoms. The predicted molar refractivity (Wildman–Crippen MR) is 69.7 cm³/mol. The standard InChI is InChI=1S/C15H13FO3/c1-18-14-9-11(15(17)19-2)5-8-13(14)10-3-6-12(16)7-4-10/h3-9H,1-2H3. The van der Waals surface area contributed by atoms with Gasteiger partial charge in [-0.3, -0.25) is 0 Å². The topological polar surface area (TPSA) is 35.5 Å². The summed E-state index contributed by atoms with van der Waals surface area (Å²) in [4.78, 5) is 11.4. The smallest absolute Gasteiger partial charge is 0.337 e. The van der Waals surface area contributed by atoms with E-state index in [9.17, 15) is 9.18 Å². The number of benzene rings is 2. The summed E-state index contributed by atoms with van der Waals surface area (Å²) in [6.45, 7) is 0. The molecule has 0 fully saturated rings. The van der Waals surface area contributed by atoms with Gasteiger partial charge in [0.1, 0.15) is 11.6 Å². The van der Waals surface area contributed by atoms with Crippen LogP contribution in [0.25, 0.3) is 11.1 Å². The summed E-state index contributed by atoms with van der Waals surface area (Å²) in [5, 5.41) is 0. The van der Waals surface area contributed by atoms with Crippen LogP contribution in [0.3, 0.4) is 0 Å². The number of hydrogen-bond acceptors (Lipinski definition) is 3. The molecule has 98 valence electrons.